The Morgan fingerprint density at radius 3 is 2.85 bits per heavy atom. The fourth-order valence-electron chi connectivity index (χ4n) is 2.27. The van der Waals surface area contributed by atoms with Crippen LogP contribution in [-0.2, 0) is 4.74 Å². The van der Waals surface area contributed by atoms with E-state index in [9.17, 15) is 4.79 Å². The van der Waals surface area contributed by atoms with Crippen molar-refractivity contribution >= 4 is 11.7 Å². The number of benzene rings is 1. The SMILES string of the molecule is COc1ccc(NC(=O)NCC[C@@H]2CCCOC2)cc1. The molecule has 2 amide bonds. The van der Waals surface area contributed by atoms with E-state index in [1.54, 1.807) is 7.11 Å². The quantitative estimate of drug-likeness (QED) is 0.870. The van der Waals surface area contributed by atoms with Gasteiger partial charge in [0.25, 0.3) is 0 Å². The van der Waals surface area contributed by atoms with Crippen molar-refractivity contribution in [2.45, 2.75) is 19.3 Å². The Labute approximate surface area is 119 Å². The molecule has 2 rings (SSSR count). The molecule has 1 aromatic carbocycles. The number of hydrogen-bond donors (Lipinski definition) is 2. The first-order valence-corrected chi connectivity index (χ1v) is 7.04. The summed E-state index contributed by atoms with van der Waals surface area (Å²) in [4.78, 5) is 11.7. The number of hydrogen-bond acceptors (Lipinski definition) is 3. The van der Waals surface area contributed by atoms with Crippen LogP contribution in [0.1, 0.15) is 19.3 Å². The second-order valence-electron chi connectivity index (χ2n) is 4.98. The minimum atomic E-state index is -0.174. The first kappa shape index (κ1) is 14.7. The molecule has 0 aliphatic carbocycles. The van der Waals surface area contributed by atoms with Crippen molar-refractivity contribution < 1.29 is 14.3 Å². The Morgan fingerprint density at radius 1 is 1.40 bits per heavy atom. The molecule has 20 heavy (non-hydrogen) atoms. The Hall–Kier alpha value is -1.75. The largest absolute Gasteiger partial charge is 0.497 e. The van der Waals surface area contributed by atoms with Crippen molar-refractivity contribution in [3.8, 4) is 5.75 Å². The van der Waals surface area contributed by atoms with Gasteiger partial charge in [-0.1, -0.05) is 0 Å². The summed E-state index contributed by atoms with van der Waals surface area (Å²) in [6.07, 6.45) is 3.29. The number of ether oxygens (including phenoxy) is 2. The lowest BCUT2D eigenvalue weighted by Gasteiger charge is -2.21. The van der Waals surface area contributed by atoms with Crippen LogP contribution >= 0.6 is 0 Å². The minimum absolute atomic E-state index is 0.174. The predicted octanol–water partition coefficient (Wildman–Crippen LogP) is 2.63. The van der Waals surface area contributed by atoms with Gasteiger partial charge in [0.05, 0.1) is 7.11 Å². The lowest BCUT2D eigenvalue weighted by molar-refractivity contribution is 0.0520. The Kier molecular flexibility index (Phi) is 5.68. The molecule has 0 bridgehead atoms. The van der Waals surface area contributed by atoms with Gasteiger partial charge in [-0.2, -0.15) is 0 Å². The van der Waals surface area contributed by atoms with Crippen molar-refractivity contribution in [3.05, 3.63) is 24.3 Å². The molecule has 1 saturated heterocycles. The first-order chi connectivity index (χ1) is 9.78. The number of carbonyl (C=O) groups is 1. The minimum Gasteiger partial charge on any atom is -0.497 e. The molecule has 1 aliphatic rings. The van der Waals surface area contributed by atoms with Crippen molar-refractivity contribution in [1.82, 2.24) is 5.32 Å². The average molecular weight is 278 g/mol. The summed E-state index contributed by atoms with van der Waals surface area (Å²) in [5.74, 6) is 1.35. The van der Waals surface area contributed by atoms with E-state index >= 15 is 0 Å². The van der Waals surface area contributed by atoms with Crippen LogP contribution in [0.5, 0.6) is 5.75 Å². The second kappa shape index (κ2) is 7.75. The summed E-state index contributed by atoms with van der Waals surface area (Å²) in [5, 5.41) is 5.66. The van der Waals surface area contributed by atoms with Crippen molar-refractivity contribution in [2.75, 3.05) is 32.2 Å². The normalized spacial score (nSPS) is 18.4. The Balaban J connectivity index is 1.66. The molecule has 0 unspecified atom stereocenters. The van der Waals surface area contributed by atoms with E-state index in [4.69, 9.17) is 9.47 Å². The smallest absolute Gasteiger partial charge is 0.319 e. The predicted molar refractivity (Wildman–Crippen MR) is 78.2 cm³/mol. The van der Waals surface area contributed by atoms with Gasteiger partial charge in [0.15, 0.2) is 0 Å². The van der Waals surface area contributed by atoms with Crippen LogP contribution in [0.25, 0.3) is 0 Å². The maximum atomic E-state index is 11.7. The molecule has 0 saturated carbocycles. The lowest BCUT2D eigenvalue weighted by atomic mass is 9.99. The summed E-state index contributed by atoms with van der Waals surface area (Å²) in [5.41, 5.74) is 0.754. The number of amides is 2. The fraction of sp³-hybridized carbons (Fsp3) is 0.533. The summed E-state index contributed by atoms with van der Waals surface area (Å²) >= 11 is 0. The summed E-state index contributed by atoms with van der Waals surface area (Å²) < 4.78 is 10.5. The van der Waals surface area contributed by atoms with Gasteiger partial charge in [-0.15, -0.1) is 0 Å². The molecule has 0 aromatic heterocycles. The van der Waals surface area contributed by atoms with E-state index in [-0.39, 0.29) is 6.03 Å². The average Bonchev–Trinajstić information content (AvgIpc) is 2.49. The van der Waals surface area contributed by atoms with Crippen LogP contribution in [0.3, 0.4) is 0 Å². The Morgan fingerprint density at radius 2 is 2.20 bits per heavy atom. The molecule has 1 aliphatic heterocycles. The lowest BCUT2D eigenvalue weighted by Crippen LogP contribution is -2.31. The second-order valence-corrected chi connectivity index (χ2v) is 4.98. The molecular formula is C15H22N2O3. The van der Waals surface area contributed by atoms with Gasteiger partial charge in [-0.3, -0.25) is 0 Å². The van der Waals surface area contributed by atoms with Gasteiger partial charge in [0.1, 0.15) is 5.75 Å². The highest BCUT2D eigenvalue weighted by Crippen LogP contribution is 2.16. The fourth-order valence-corrected chi connectivity index (χ4v) is 2.27. The summed E-state index contributed by atoms with van der Waals surface area (Å²) in [7, 11) is 1.62. The van der Waals surface area contributed by atoms with Crippen molar-refractivity contribution in [2.24, 2.45) is 5.92 Å². The zero-order valence-electron chi connectivity index (χ0n) is 11.9. The van der Waals surface area contributed by atoms with Gasteiger partial charge < -0.3 is 20.1 Å². The number of anilines is 1. The zero-order chi connectivity index (χ0) is 14.2. The van der Waals surface area contributed by atoms with Crippen molar-refractivity contribution in [3.63, 3.8) is 0 Å². The summed E-state index contributed by atoms with van der Waals surface area (Å²) in [6, 6.07) is 7.08. The molecule has 110 valence electrons. The van der Waals surface area contributed by atoms with Gasteiger partial charge in [0, 0.05) is 25.4 Å². The number of rotatable bonds is 5. The van der Waals surface area contributed by atoms with Crippen LogP contribution in [0, 0.1) is 5.92 Å². The van der Waals surface area contributed by atoms with Crippen LogP contribution < -0.4 is 15.4 Å². The van der Waals surface area contributed by atoms with Gasteiger partial charge in [-0.05, 0) is 49.4 Å². The number of methoxy groups -OCH3 is 1. The van der Waals surface area contributed by atoms with Gasteiger partial charge >= 0.3 is 6.03 Å². The van der Waals surface area contributed by atoms with Crippen LogP contribution in [0.4, 0.5) is 10.5 Å². The van der Waals surface area contributed by atoms with Gasteiger partial charge in [-0.25, -0.2) is 4.79 Å². The van der Waals surface area contributed by atoms with E-state index in [1.165, 1.54) is 6.42 Å². The molecule has 0 spiro atoms. The Bertz CT molecular complexity index is 414. The highest BCUT2D eigenvalue weighted by molar-refractivity contribution is 5.89. The third-order valence-corrected chi connectivity index (χ3v) is 3.44. The van der Waals surface area contributed by atoms with E-state index < -0.39 is 0 Å². The molecule has 1 aromatic rings. The highest BCUT2D eigenvalue weighted by Gasteiger charge is 2.13. The topological polar surface area (TPSA) is 59.6 Å². The zero-order valence-corrected chi connectivity index (χ0v) is 11.9. The van der Waals surface area contributed by atoms with E-state index in [2.05, 4.69) is 10.6 Å². The van der Waals surface area contributed by atoms with E-state index in [0.29, 0.717) is 12.5 Å². The maximum absolute atomic E-state index is 11.7. The number of carbonyl (C=O) groups excluding carboxylic acids is 1. The molecule has 1 atom stereocenters. The molecule has 2 N–H and O–H groups in total. The highest BCUT2D eigenvalue weighted by atomic mass is 16.5. The third kappa shape index (κ3) is 4.74. The summed E-state index contributed by atoms with van der Waals surface area (Å²) in [6.45, 7) is 2.37. The first-order valence-electron chi connectivity index (χ1n) is 7.04. The van der Waals surface area contributed by atoms with Crippen LogP contribution in [-0.4, -0.2) is 32.9 Å². The molecule has 5 nitrogen and oxygen atoms in total. The number of nitrogens with one attached hydrogen (secondary N) is 2. The standard InChI is InChI=1S/C15H22N2O3/c1-19-14-6-4-13(5-7-14)17-15(18)16-9-8-12-3-2-10-20-11-12/h4-7,12H,2-3,8-11H2,1H3,(H2,16,17,18)/t12-/m0/s1. The monoisotopic (exact) mass is 278 g/mol. The molecule has 5 heteroatoms. The van der Waals surface area contributed by atoms with Crippen molar-refractivity contribution in [1.29, 1.82) is 0 Å². The maximum Gasteiger partial charge on any atom is 0.319 e. The van der Waals surface area contributed by atoms with E-state index in [1.807, 2.05) is 24.3 Å². The van der Waals surface area contributed by atoms with Gasteiger partial charge in [0.2, 0.25) is 0 Å². The molecule has 1 heterocycles. The van der Waals surface area contributed by atoms with E-state index in [0.717, 1.165) is 37.5 Å². The van der Waals surface area contributed by atoms with Crippen LogP contribution in [0.2, 0.25) is 0 Å². The van der Waals surface area contributed by atoms with Crippen LogP contribution in [0.15, 0.2) is 24.3 Å². The third-order valence-electron chi connectivity index (χ3n) is 3.44. The molecule has 1 fully saturated rings. The number of urea groups is 1. The molecular weight excluding hydrogens is 256 g/mol. The molecule has 0 radical (unpaired) electrons.